The lowest BCUT2D eigenvalue weighted by Crippen LogP contribution is -2.20. The van der Waals surface area contributed by atoms with E-state index in [1.807, 2.05) is 0 Å². The fraction of sp³-hybridized carbons (Fsp3) is 0.125. The lowest BCUT2D eigenvalue weighted by Gasteiger charge is -2.05. The molecule has 0 radical (unpaired) electrons. The van der Waals surface area contributed by atoms with Crippen molar-refractivity contribution >= 4 is 11.7 Å². The topological polar surface area (TPSA) is 106 Å². The molecule has 1 atom stereocenters. The standard InChI is InChI=1S/C8H7FN2O4/c9-5-1-4(2-6(10)3-5)7(8(12)13)11(14)15/h1-3,7H,10H2,(H,12,13). The summed E-state index contributed by atoms with van der Waals surface area (Å²) < 4.78 is 12.8. The number of carboxylic acid groups (broad SMARTS) is 1. The highest BCUT2D eigenvalue weighted by Crippen LogP contribution is 2.20. The van der Waals surface area contributed by atoms with E-state index < -0.39 is 22.8 Å². The van der Waals surface area contributed by atoms with Gasteiger partial charge in [-0.2, -0.15) is 0 Å². The predicted molar refractivity (Wildman–Crippen MR) is 48.2 cm³/mol. The average Bonchev–Trinajstić information content (AvgIpc) is 1.99. The van der Waals surface area contributed by atoms with Gasteiger partial charge in [-0.1, -0.05) is 0 Å². The normalized spacial score (nSPS) is 12.1. The summed E-state index contributed by atoms with van der Waals surface area (Å²) in [7, 11) is 0. The van der Waals surface area contributed by atoms with Crippen LogP contribution in [0.5, 0.6) is 0 Å². The first-order valence-electron chi connectivity index (χ1n) is 3.84. The molecule has 0 aliphatic heterocycles. The number of halogens is 1. The van der Waals surface area contributed by atoms with Crippen molar-refractivity contribution in [2.75, 3.05) is 5.73 Å². The molecular formula is C8H7FN2O4. The highest BCUT2D eigenvalue weighted by molar-refractivity contribution is 5.74. The number of hydrogen-bond acceptors (Lipinski definition) is 4. The van der Waals surface area contributed by atoms with Crippen LogP contribution in [0.2, 0.25) is 0 Å². The smallest absolute Gasteiger partial charge is 0.384 e. The van der Waals surface area contributed by atoms with Crippen molar-refractivity contribution in [1.82, 2.24) is 0 Å². The van der Waals surface area contributed by atoms with Crippen LogP contribution in [-0.4, -0.2) is 16.0 Å². The number of nitro groups is 1. The maximum atomic E-state index is 12.8. The van der Waals surface area contributed by atoms with Gasteiger partial charge in [0.05, 0.1) is 0 Å². The van der Waals surface area contributed by atoms with Gasteiger partial charge in [-0.05, 0) is 18.2 Å². The molecular weight excluding hydrogens is 207 g/mol. The van der Waals surface area contributed by atoms with Gasteiger partial charge in [-0.25, -0.2) is 9.18 Å². The molecule has 6 nitrogen and oxygen atoms in total. The molecule has 1 rings (SSSR count). The molecule has 0 aromatic heterocycles. The molecule has 0 heterocycles. The minimum atomic E-state index is -2.00. The highest BCUT2D eigenvalue weighted by atomic mass is 19.1. The summed E-state index contributed by atoms with van der Waals surface area (Å²) in [4.78, 5) is 20.0. The van der Waals surface area contributed by atoms with Gasteiger partial charge in [0.25, 0.3) is 0 Å². The van der Waals surface area contributed by atoms with Crippen molar-refractivity contribution in [2.24, 2.45) is 0 Å². The number of rotatable bonds is 3. The van der Waals surface area contributed by atoms with Crippen molar-refractivity contribution < 1.29 is 19.2 Å². The molecule has 1 aromatic rings. The van der Waals surface area contributed by atoms with Crippen LogP contribution in [0.1, 0.15) is 11.6 Å². The Morgan fingerprint density at radius 1 is 1.53 bits per heavy atom. The molecule has 0 aliphatic carbocycles. The van der Waals surface area contributed by atoms with Gasteiger partial charge in [0, 0.05) is 16.2 Å². The second-order valence-corrected chi connectivity index (χ2v) is 2.84. The summed E-state index contributed by atoms with van der Waals surface area (Å²) in [6, 6.07) is 0.785. The van der Waals surface area contributed by atoms with E-state index in [4.69, 9.17) is 10.8 Å². The van der Waals surface area contributed by atoms with E-state index >= 15 is 0 Å². The van der Waals surface area contributed by atoms with Crippen molar-refractivity contribution in [3.63, 3.8) is 0 Å². The first kappa shape index (κ1) is 10.9. The lowest BCUT2D eigenvalue weighted by atomic mass is 10.1. The predicted octanol–water partition coefficient (Wildman–Crippen LogP) is 0.810. The zero-order chi connectivity index (χ0) is 11.6. The van der Waals surface area contributed by atoms with Crippen molar-refractivity contribution in [1.29, 1.82) is 0 Å². The Labute approximate surface area is 83.3 Å². The summed E-state index contributed by atoms with van der Waals surface area (Å²) in [5, 5.41) is 19.0. The van der Waals surface area contributed by atoms with E-state index in [-0.39, 0.29) is 11.3 Å². The van der Waals surface area contributed by atoms with Crippen LogP contribution in [0, 0.1) is 15.9 Å². The number of carbonyl (C=O) groups is 1. The maximum Gasteiger partial charge on any atom is 0.384 e. The lowest BCUT2D eigenvalue weighted by molar-refractivity contribution is -0.516. The first-order valence-corrected chi connectivity index (χ1v) is 3.84. The third-order valence-electron chi connectivity index (χ3n) is 1.70. The molecule has 0 saturated carbocycles. The van der Waals surface area contributed by atoms with Gasteiger partial charge in [-0.15, -0.1) is 0 Å². The van der Waals surface area contributed by atoms with Gasteiger partial charge in [-0.3, -0.25) is 10.1 Å². The Balaban J connectivity index is 3.22. The van der Waals surface area contributed by atoms with Crippen LogP contribution in [0.3, 0.4) is 0 Å². The molecule has 0 fully saturated rings. The van der Waals surface area contributed by atoms with E-state index in [1.165, 1.54) is 0 Å². The summed E-state index contributed by atoms with van der Waals surface area (Å²) in [6.45, 7) is 0. The molecule has 1 aromatic carbocycles. The van der Waals surface area contributed by atoms with Crippen LogP contribution in [0.4, 0.5) is 10.1 Å². The van der Waals surface area contributed by atoms with E-state index in [9.17, 15) is 19.3 Å². The van der Waals surface area contributed by atoms with E-state index in [0.29, 0.717) is 0 Å². The van der Waals surface area contributed by atoms with Crippen molar-refractivity contribution in [2.45, 2.75) is 6.04 Å². The monoisotopic (exact) mass is 214 g/mol. The van der Waals surface area contributed by atoms with Gasteiger partial charge in [0.15, 0.2) is 0 Å². The molecule has 7 heteroatoms. The Hall–Kier alpha value is -2.18. The van der Waals surface area contributed by atoms with Gasteiger partial charge in [0.2, 0.25) is 0 Å². The molecule has 0 saturated heterocycles. The van der Waals surface area contributed by atoms with Gasteiger partial charge in [0.1, 0.15) is 5.82 Å². The molecule has 80 valence electrons. The Kier molecular flexibility index (Phi) is 2.84. The van der Waals surface area contributed by atoms with Crippen LogP contribution in [0.15, 0.2) is 18.2 Å². The number of carboxylic acids is 1. The van der Waals surface area contributed by atoms with Gasteiger partial charge < -0.3 is 10.8 Å². The van der Waals surface area contributed by atoms with Crippen LogP contribution in [-0.2, 0) is 4.79 Å². The second kappa shape index (κ2) is 3.91. The maximum absolute atomic E-state index is 12.8. The zero-order valence-corrected chi connectivity index (χ0v) is 7.38. The van der Waals surface area contributed by atoms with Crippen LogP contribution in [0.25, 0.3) is 0 Å². The minimum absolute atomic E-state index is 0.0573. The number of hydrogen-bond donors (Lipinski definition) is 2. The number of anilines is 1. The Morgan fingerprint density at radius 3 is 2.53 bits per heavy atom. The third kappa shape index (κ3) is 2.39. The molecule has 0 amide bonds. The van der Waals surface area contributed by atoms with Crippen molar-refractivity contribution in [3.8, 4) is 0 Å². The molecule has 3 N–H and O–H groups in total. The van der Waals surface area contributed by atoms with E-state index in [2.05, 4.69) is 0 Å². The molecule has 0 spiro atoms. The fourth-order valence-corrected chi connectivity index (χ4v) is 1.15. The average molecular weight is 214 g/mol. The SMILES string of the molecule is Nc1cc(F)cc(C(C(=O)O)[N+](=O)[O-])c1. The zero-order valence-electron chi connectivity index (χ0n) is 7.38. The fourth-order valence-electron chi connectivity index (χ4n) is 1.15. The molecule has 0 bridgehead atoms. The van der Waals surface area contributed by atoms with E-state index in [0.717, 1.165) is 18.2 Å². The van der Waals surface area contributed by atoms with Gasteiger partial charge >= 0.3 is 12.0 Å². The molecule has 1 unspecified atom stereocenters. The largest absolute Gasteiger partial charge is 0.476 e. The summed E-state index contributed by atoms with van der Waals surface area (Å²) in [6.07, 6.45) is 0. The highest BCUT2D eigenvalue weighted by Gasteiger charge is 2.32. The second-order valence-electron chi connectivity index (χ2n) is 2.84. The Morgan fingerprint density at radius 2 is 2.13 bits per heavy atom. The van der Waals surface area contributed by atoms with E-state index in [1.54, 1.807) is 0 Å². The van der Waals surface area contributed by atoms with Crippen molar-refractivity contribution in [3.05, 3.63) is 39.7 Å². The number of benzene rings is 1. The summed E-state index contributed by atoms with van der Waals surface area (Å²) >= 11 is 0. The third-order valence-corrected chi connectivity index (χ3v) is 1.70. The van der Waals surface area contributed by atoms with Crippen LogP contribution < -0.4 is 5.73 Å². The summed E-state index contributed by atoms with van der Waals surface area (Å²) in [5.74, 6) is -2.47. The number of nitrogens with two attached hydrogens (primary N) is 1. The molecule has 15 heavy (non-hydrogen) atoms. The van der Waals surface area contributed by atoms with Crippen LogP contribution >= 0.6 is 0 Å². The molecule has 0 aliphatic rings. The first-order chi connectivity index (χ1) is 6.91. The minimum Gasteiger partial charge on any atom is -0.476 e. The quantitative estimate of drug-likeness (QED) is 0.440. The number of nitrogen functional groups attached to an aromatic ring is 1. The summed E-state index contributed by atoms with van der Waals surface area (Å²) in [5.41, 5.74) is 4.90. The Bertz CT molecular complexity index is 387. The number of aliphatic carboxylic acids is 1. The number of nitrogens with zero attached hydrogens (tertiary/aromatic N) is 1.